The molecule has 2 aromatic rings. The number of carbonyl (C=O) groups is 1. The summed E-state index contributed by atoms with van der Waals surface area (Å²) >= 11 is 0. The minimum Gasteiger partial charge on any atom is -0.357 e. The van der Waals surface area contributed by atoms with Gasteiger partial charge in [-0.3, -0.25) is 4.79 Å². The smallest absolute Gasteiger partial charge is 0.243 e. The molecule has 0 radical (unpaired) electrons. The van der Waals surface area contributed by atoms with E-state index in [1.807, 2.05) is 12.1 Å². The molecule has 0 spiro atoms. The van der Waals surface area contributed by atoms with Crippen LogP contribution in [-0.4, -0.2) is 49.8 Å². The van der Waals surface area contributed by atoms with Crippen LogP contribution in [0.2, 0.25) is 0 Å². The van der Waals surface area contributed by atoms with Crippen LogP contribution in [-0.2, 0) is 21.4 Å². The van der Waals surface area contributed by atoms with Crippen LogP contribution in [0.25, 0.3) is 0 Å². The number of anilines is 1. The maximum absolute atomic E-state index is 13.1. The highest BCUT2D eigenvalue weighted by Gasteiger charge is 2.33. The van der Waals surface area contributed by atoms with E-state index in [1.54, 1.807) is 6.20 Å². The van der Waals surface area contributed by atoms with Crippen molar-refractivity contribution < 1.29 is 17.6 Å². The van der Waals surface area contributed by atoms with Gasteiger partial charge in [0.25, 0.3) is 0 Å². The first-order valence-corrected chi connectivity index (χ1v) is 12.1. The lowest BCUT2D eigenvalue weighted by atomic mass is 9.99. The number of sulfonamides is 1. The number of benzene rings is 1. The van der Waals surface area contributed by atoms with Crippen LogP contribution in [0.1, 0.15) is 31.2 Å². The summed E-state index contributed by atoms with van der Waals surface area (Å²) in [5.74, 6) is -0.109. The first-order valence-electron chi connectivity index (χ1n) is 10.7. The lowest BCUT2D eigenvalue weighted by Crippen LogP contribution is -2.45. The van der Waals surface area contributed by atoms with E-state index >= 15 is 0 Å². The molecule has 2 saturated heterocycles. The van der Waals surface area contributed by atoms with Gasteiger partial charge in [-0.1, -0.05) is 6.07 Å². The Labute approximate surface area is 182 Å². The van der Waals surface area contributed by atoms with Crippen LogP contribution < -0.4 is 10.2 Å². The summed E-state index contributed by atoms with van der Waals surface area (Å²) in [4.78, 5) is 19.5. The predicted octanol–water partition coefficient (Wildman–Crippen LogP) is 2.54. The molecule has 2 aliphatic rings. The summed E-state index contributed by atoms with van der Waals surface area (Å²) in [6, 6.07) is 8.71. The number of aromatic nitrogens is 1. The van der Waals surface area contributed by atoms with Crippen LogP contribution in [0.3, 0.4) is 0 Å². The van der Waals surface area contributed by atoms with E-state index in [9.17, 15) is 17.6 Å². The van der Waals surface area contributed by atoms with E-state index < -0.39 is 21.8 Å². The van der Waals surface area contributed by atoms with E-state index in [0.717, 1.165) is 36.6 Å². The molecule has 0 aliphatic carbocycles. The van der Waals surface area contributed by atoms with Gasteiger partial charge in [0.1, 0.15) is 11.6 Å². The molecule has 0 saturated carbocycles. The van der Waals surface area contributed by atoms with Crippen molar-refractivity contribution >= 4 is 21.7 Å². The van der Waals surface area contributed by atoms with Gasteiger partial charge in [0.05, 0.1) is 10.8 Å². The molecule has 2 aliphatic heterocycles. The van der Waals surface area contributed by atoms with Crippen LogP contribution >= 0.6 is 0 Å². The van der Waals surface area contributed by atoms with Crippen LogP contribution in [0.5, 0.6) is 0 Å². The second-order valence-electron chi connectivity index (χ2n) is 8.09. The van der Waals surface area contributed by atoms with Gasteiger partial charge < -0.3 is 10.2 Å². The molecule has 166 valence electrons. The average molecular weight is 447 g/mol. The Balaban J connectivity index is 1.34. The minimum absolute atomic E-state index is 0.0409. The number of rotatable bonds is 6. The maximum Gasteiger partial charge on any atom is 0.243 e. The van der Waals surface area contributed by atoms with Gasteiger partial charge in [-0.2, -0.15) is 4.31 Å². The molecule has 1 amide bonds. The molecule has 7 nitrogen and oxygen atoms in total. The number of halogens is 1. The zero-order chi connectivity index (χ0) is 21.8. The Morgan fingerprint density at radius 2 is 1.81 bits per heavy atom. The highest BCUT2D eigenvalue weighted by Crippen LogP contribution is 2.24. The van der Waals surface area contributed by atoms with E-state index in [0.29, 0.717) is 25.9 Å². The molecule has 1 aromatic carbocycles. The number of hydrogen-bond donors (Lipinski definition) is 1. The Morgan fingerprint density at radius 1 is 1.06 bits per heavy atom. The topological polar surface area (TPSA) is 82.6 Å². The van der Waals surface area contributed by atoms with Crippen molar-refractivity contribution in [2.75, 3.05) is 31.1 Å². The molecule has 2 fully saturated rings. The van der Waals surface area contributed by atoms with Crippen molar-refractivity contribution in [1.29, 1.82) is 0 Å². The number of nitrogens with zero attached hydrogens (tertiary/aromatic N) is 3. The molecular weight excluding hydrogens is 419 g/mol. The fourth-order valence-electron chi connectivity index (χ4n) is 4.12. The van der Waals surface area contributed by atoms with E-state index in [2.05, 4.69) is 15.2 Å². The number of nitrogens with one attached hydrogen (secondary N) is 1. The molecule has 1 aromatic heterocycles. The van der Waals surface area contributed by atoms with E-state index in [-0.39, 0.29) is 17.3 Å². The van der Waals surface area contributed by atoms with Gasteiger partial charge in [-0.05, 0) is 61.6 Å². The highest BCUT2D eigenvalue weighted by atomic mass is 32.2. The van der Waals surface area contributed by atoms with Crippen molar-refractivity contribution in [2.24, 2.45) is 5.92 Å². The summed E-state index contributed by atoms with van der Waals surface area (Å²) in [6.45, 7) is 2.89. The predicted molar refractivity (Wildman–Crippen MR) is 115 cm³/mol. The first-order chi connectivity index (χ1) is 14.9. The number of hydrogen-bond acceptors (Lipinski definition) is 5. The number of amides is 1. The quantitative estimate of drug-likeness (QED) is 0.737. The Morgan fingerprint density at radius 3 is 2.48 bits per heavy atom. The molecule has 0 bridgehead atoms. The first kappa shape index (κ1) is 21.7. The minimum atomic E-state index is -3.75. The van der Waals surface area contributed by atoms with Crippen molar-refractivity contribution in [3.05, 3.63) is 54.0 Å². The standard InChI is InChI=1S/C22H27FN4O3S/c23-19-6-8-20(9-7-19)31(29,30)27-13-3-4-18(16-27)22(28)25-15-17-5-10-21(24-14-17)26-11-1-2-12-26/h5-10,14,18H,1-4,11-13,15-16H2,(H,25,28). The van der Waals surface area contributed by atoms with Crippen molar-refractivity contribution in [2.45, 2.75) is 37.1 Å². The van der Waals surface area contributed by atoms with E-state index in [1.165, 1.54) is 29.3 Å². The molecule has 1 atom stereocenters. The monoisotopic (exact) mass is 446 g/mol. The number of piperidine rings is 1. The third-order valence-electron chi connectivity index (χ3n) is 5.91. The largest absolute Gasteiger partial charge is 0.357 e. The fourth-order valence-corrected chi connectivity index (χ4v) is 5.64. The average Bonchev–Trinajstić information content (AvgIpc) is 3.33. The summed E-state index contributed by atoms with van der Waals surface area (Å²) in [5, 5.41) is 2.91. The van der Waals surface area contributed by atoms with Crippen LogP contribution in [0.15, 0.2) is 47.5 Å². The number of pyridine rings is 1. The molecular formula is C22H27FN4O3S. The summed E-state index contributed by atoms with van der Waals surface area (Å²) in [5.41, 5.74) is 0.905. The van der Waals surface area contributed by atoms with Gasteiger partial charge in [-0.25, -0.2) is 17.8 Å². The third kappa shape index (κ3) is 5.04. The highest BCUT2D eigenvalue weighted by molar-refractivity contribution is 7.89. The summed E-state index contributed by atoms with van der Waals surface area (Å²) in [6.07, 6.45) is 5.39. The molecule has 3 heterocycles. The molecule has 4 rings (SSSR count). The molecule has 31 heavy (non-hydrogen) atoms. The van der Waals surface area contributed by atoms with Crippen molar-refractivity contribution in [3.63, 3.8) is 0 Å². The zero-order valence-electron chi connectivity index (χ0n) is 17.3. The molecule has 1 N–H and O–H groups in total. The Kier molecular flexibility index (Phi) is 6.52. The Bertz CT molecular complexity index is 1010. The van der Waals surface area contributed by atoms with Crippen LogP contribution in [0, 0.1) is 11.7 Å². The SMILES string of the molecule is O=C(NCc1ccc(N2CCCC2)nc1)C1CCCN(S(=O)(=O)c2ccc(F)cc2)C1. The summed E-state index contributed by atoms with van der Waals surface area (Å²) < 4.78 is 40.2. The van der Waals surface area contributed by atoms with Crippen molar-refractivity contribution in [1.82, 2.24) is 14.6 Å². The molecule has 1 unspecified atom stereocenters. The lowest BCUT2D eigenvalue weighted by Gasteiger charge is -2.31. The zero-order valence-corrected chi connectivity index (χ0v) is 18.2. The third-order valence-corrected chi connectivity index (χ3v) is 7.79. The van der Waals surface area contributed by atoms with Gasteiger partial charge in [0.15, 0.2) is 0 Å². The summed E-state index contributed by atoms with van der Waals surface area (Å²) in [7, 11) is -3.75. The van der Waals surface area contributed by atoms with Gasteiger partial charge >= 0.3 is 0 Å². The maximum atomic E-state index is 13.1. The van der Waals surface area contributed by atoms with Gasteiger partial charge in [-0.15, -0.1) is 0 Å². The number of carbonyl (C=O) groups excluding carboxylic acids is 1. The van der Waals surface area contributed by atoms with Gasteiger partial charge in [0.2, 0.25) is 15.9 Å². The second-order valence-corrected chi connectivity index (χ2v) is 10.0. The molecule has 9 heteroatoms. The normalized spacial score (nSPS) is 20.0. The fraction of sp³-hybridized carbons (Fsp3) is 0.455. The van der Waals surface area contributed by atoms with Crippen LogP contribution in [0.4, 0.5) is 10.2 Å². The Hall–Kier alpha value is -2.52. The second kappa shape index (κ2) is 9.32. The lowest BCUT2D eigenvalue weighted by molar-refractivity contribution is -0.126. The van der Waals surface area contributed by atoms with Gasteiger partial charge in [0, 0.05) is 38.9 Å². The van der Waals surface area contributed by atoms with Crippen molar-refractivity contribution in [3.8, 4) is 0 Å². The van der Waals surface area contributed by atoms with E-state index in [4.69, 9.17) is 0 Å².